The van der Waals surface area contributed by atoms with Crippen molar-refractivity contribution in [2.45, 2.75) is 0 Å². The SMILES string of the molecule is N/C(=N\N=C\c1ccccc1O)c1ccncc1. The number of nitrogens with two attached hydrogens (primary N) is 1. The minimum absolute atomic E-state index is 0.152. The van der Waals surface area contributed by atoms with Gasteiger partial charge in [0.25, 0.3) is 0 Å². The van der Waals surface area contributed by atoms with E-state index in [1.165, 1.54) is 6.21 Å². The van der Waals surface area contributed by atoms with Crippen LogP contribution in [0.2, 0.25) is 0 Å². The molecule has 0 fully saturated rings. The number of amidine groups is 1. The highest BCUT2D eigenvalue weighted by molar-refractivity contribution is 5.97. The summed E-state index contributed by atoms with van der Waals surface area (Å²) in [7, 11) is 0. The first-order chi connectivity index (χ1) is 8.77. The number of phenols is 1. The summed E-state index contributed by atoms with van der Waals surface area (Å²) >= 11 is 0. The molecule has 0 unspecified atom stereocenters. The number of pyridine rings is 1. The topological polar surface area (TPSA) is 83.9 Å². The molecule has 0 saturated heterocycles. The molecule has 1 aromatic heterocycles. The van der Waals surface area contributed by atoms with Gasteiger partial charge in [-0.25, -0.2) is 0 Å². The van der Waals surface area contributed by atoms with Crippen LogP contribution in [-0.2, 0) is 0 Å². The van der Waals surface area contributed by atoms with Crippen molar-refractivity contribution in [3.63, 3.8) is 0 Å². The molecule has 18 heavy (non-hydrogen) atoms. The Labute approximate surface area is 104 Å². The van der Waals surface area contributed by atoms with E-state index >= 15 is 0 Å². The highest BCUT2D eigenvalue weighted by atomic mass is 16.3. The average Bonchev–Trinajstić information content (AvgIpc) is 2.42. The smallest absolute Gasteiger partial charge is 0.153 e. The highest BCUT2D eigenvalue weighted by Gasteiger charge is 1.96. The van der Waals surface area contributed by atoms with Crippen molar-refractivity contribution in [2.24, 2.45) is 15.9 Å². The van der Waals surface area contributed by atoms with Gasteiger partial charge in [-0.05, 0) is 24.3 Å². The Morgan fingerprint density at radius 3 is 2.61 bits per heavy atom. The van der Waals surface area contributed by atoms with Gasteiger partial charge in [0.2, 0.25) is 0 Å². The Bertz CT molecular complexity index is 579. The standard InChI is InChI=1S/C13H12N4O/c14-13(10-5-7-15-8-6-10)17-16-9-11-3-1-2-4-12(11)18/h1-9,18H,(H2,14,17)/b16-9+. The quantitative estimate of drug-likeness (QED) is 0.484. The van der Waals surface area contributed by atoms with Gasteiger partial charge in [0, 0.05) is 23.5 Å². The third-order valence-corrected chi connectivity index (χ3v) is 2.28. The number of para-hydroxylation sites is 1. The molecule has 0 aliphatic rings. The lowest BCUT2D eigenvalue weighted by Gasteiger charge is -1.97. The first kappa shape index (κ1) is 11.8. The summed E-state index contributed by atoms with van der Waals surface area (Å²) in [5, 5.41) is 17.2. The van der Waals surface area contributed by atoms with Crippen LogP contribution in [0, 0.1) is 0 Å². The fourth-order valence-corrected chi connectivity index (χ4v) is 1.33. The number of hydrogen-bond donors (Lipinski definition) is 2. The van der Waals surface area contributed by atoms with Gasteiger partial charge in [-0.15, -0.1) is 5.10 Å². The number of phenolic OH excluding ortho intramolecular Hbond substituents is 1. The molecular weight excluding hydrogens is 228 g/mol. The fraction of sp³-hybridized carbons (Fsp3) is 0. The Morgan fingerprint density at radius 1 is 1.17 bits per heavy atom. The number of aromatic hydroxyl groups is 1. The molecule has 3 N–H and O–H groups in total. The van der Waals surface area contributed by atoms with E-state index in [0.29, 0.717) is 11.4 Å². The molecule has 5 heteroatoms. The lowest BCUT2D eigenvalue weighted by atomic mass is 10.2. The summed E-state index contributed by atoms with van der Waals surface area (Å²) < 4.78 is 0. The van der Waals surface area contributed by atoms with Gasteiger partial charge in [0.15, 0.2) is 5.84 Å². The summed E-state index contributed by atoms with van der Waals surface area (Å²) in [6, 6.07) is 10.3. The zero-order valence-electron chi connectivity index (χ0n) is 9.56. The predicted octanol–water partition coefficient (Wildman–Crippen LogP) is 1.53. The minimum atomic E-state index is 0.152. The molecule has 0 saturated carbocycles. The molecule has 0 aliphatic carbocycles. The first-order valence-corrected chi connectivity index (χ1v) is 5.32. The second-order valence-corrected chi connectivity index (χ2v) is 3.52. The van der Waals surface area contributed by atoms with Crippen LogP contribution in [0.5, 0.6) is 5.75 Å². The molecule has 1 aromatic carbocycles. The number of benzene rings is 1. The third kappa shape index (κ3) is 2.91. The molecule has 2 rings (SSSR count). The maximum atomic E-state index is 9.51. The molecular formula is C13H12N4O. The fourth-order valence-electron chi connectivity index (χ4n) is 1.33. The van der Waals surface area contributed by atoms with E-state index in [2.05, 4.69) is 15.2 Å². The second kappa shape index (κ2) is 5.58. The number of aromatic nitrogens is 1. The van der Waals surface area contributed by atoms with Crippen LogP contribution in [0.3, 0.4) is 0 Å². The van der Waals surface area contributed by atoms with Crippen LogP contribution in [-0.4, -0.2) is 22.1 Å². The zero-order valence-corrected chi connectivity index (χ0v) is 9.56. The van der Waals surface area contributed by atoms with E-state index in [0.717, 1.165) is 5.56 Å². The maximum absolute atomic E-state index is 9.51. The van der Waals surface area contributed by atoms with Crippen LogP contribution >= 0.6 is 0 Å². The van der Waals surface area contributed by atoms with E-state index in [4.69, 9.17) is 5.73 Å². The molecule has 0 atom stereocenters. The van der Waals surface area contributed by atoms with Gasteiger partial charge < -0.3 is 10.8 Å². The van der Waals surface area contributed by atoms with E-state index in [-0.39, 0.29) is 5.75 Å². The lowest BCUT2D eigenvalue weighted by molar-refractivity contribution is 0.474. The summed E-state index contributed by atoms with van der Waals surface area (Å²) in [6.07, 6.45) is 4.71. The van der Waals surface area contributed by atoms with E-state index in [1.807, 2.05) is 0 Å². The Balaban J connectivity index is 2.14. The van der Waals surface area contributed by atoms with Crippen LogP contribution in [0.25, 0.3) is 0 Å². The van der Waals surface area contributed by atoms with Crippen molar-refractivity contribution >= 4 is 12.1 Å². The molecule has 0 amide bonds. The van der Waals surface area contributed by atoms with Crippen LogP contribution in [0.4, 0.5) is 0 Å². The average molecular weight is 240 g/mol. The normalized spacial score (nSPS) is 11.9. The Hall–Kier alpha value is -2.69. The van der Waals surface area contributed by atoms with Gasteiger partial charge >= 0.3 is 0 Å². The number of rotatable bonds is 3. The third-order valence-electron chi connectivity index (χ3n) is 2.28. The lowest BCUT2D eigenvalue weighted by Crippen LogP contribution is -2.12. The monoisotopic (exact) mass is 240 g/mol. The van der Waals surface area contributed by atoms with E-state index in [9.17, 15) is 5.11 Å². The molecule has 2 aromatic rings. The van der Waals surface area contributed by atoms with Crippen molar-refractivity contribution < 1.29 is 5.11 Å². The van der Waals surface area contributed by atoms with Crippen LogP contribution in [0.1, 0.15) is 11.1 Å². The molecule has 0 spiro atoms. The molecule has 0 radical (unpaired) electrons. The van der Waals surface area contributed by atoms with Crippen molar-refractivity contribution in [3.8, 4) is 5.75 Å². The summed E-state index contributed by atoms with van der Waals surface area (Å²) in [5.74, 6) is 0.447. The zero-order chi connectivity index (χ0) is 12.8. The maximum Gasteiger partial charge on any atom is 0.153 e. The van der Waals surface area contributed by atoms with Gasteiger partial charge in [-0.2, -0.15) is 5.10 Å². The van der Waals surface area contributed by atoms with Crippen molar-refractivity contribution in [1.82, 2.24) is 4.98 Å². The summed E-state index contributed by atoms with van der Waals surface area (Å²) in [6.45, 7) is 0. The first-order valence-electron chi connectivity index (χ1n) is 5.32. The Morgan fingerprint density at radius 2 is 1.89 bits per heavy atom. The molecule has 90 valence electrons. The van der Waals surface area contributed by atoms with E-state index in [1.54, 1.807) is 48.8 Å². The molecule has 0 bridgehead atoms. The van der Waals surface area contributed by atoms with Crippen LogP contribution in [0.15, 0.2) is 59.0 Å². The van der Waals surface area contributed by atoms with Crippen molar-refractivity contribution in [2.75, 3.05) is 0 Å². The highest BCUT2D eigenvalue weighted by Crippen LogP contribution is 2.12. The van der Waals surface area contributed by atoms with Gasteiger partial charge in [-0.1, -0.05) is 12.1 Å². The number of nitrogens with zero attached hydrogens (tertiary/aromatic N) is 3. The van der Waals surface area contributed by atoms with Crippen molar-refractivity contribution in [3.05, 3.63) is 59.9 Å². The van der Waals surface area contributed by atoms with E-state index < -0.39 is 0 Å². The largest absolute Gasteiger partial charge is 0.507 e. The summed E-state index contributed by atoms with van der Waals surface area (Å²) in [4.78, 5) is 3.89. The van der Waals surface area contributed by atoms with Gasteiger partial charge in [0.1, 0.15) is 5.75 Å². The molecule has 1 heterocycles. The molecule has 0 aliphatic heterocycles. The molecule has 5 nitrogen and oxygen atoms in total. The van der Waals surface area contributed by atoms with Crippen LogP contribution < -0.4 is 5.73 Å². The number of hydrogen-bond acceptors (Lipinski definition) is 4. The van der Waals surface area contributed by atoms with Gasteiger partial charge in [-0.3, -0.25) is 4.98 Å². The minimum Gasteiger partial charge on any atom is -0.507 e. The predicted molar refractivity (Wildman–Crippen MR) is 70.7 cm³/mol. The summed E-state index contributed by atoms with van der Waals surface area (Å²) in [5.41, 5.74) is 7.08. The van der Waals surface area contributed by atoms with Gasteiger partial charge in [0.05, 0.1) is 6.21 Å². The van der Waals surface area contributed by atoms with Crippen molar-refractivity contribution in [1.29, 1.82) is 0 Å². The second-order valence-electron chi connectivity index (χ2n) is 3.52. The Kier molecular flexibility index (Phi) is 3.66.